The van der Waals surface area contributed by atoms with Crippen LogP contribution in [-0.4, -0.2) is 37.4 Å². The summed E-state index contributed by atoms with van der Waals surface area (Å²) in [7, 11) is 1.96. The maximum absolute atomic E-state index is 10.6. The third-order valence-electron chi connectivity index (χ3n) is 1.49. The van der Waals surface area contributed by atoms with Crippen LogP contribution in [-0.2, 0) is 4.79 Å². The second kappa shape index (κ2) is 6.31. The largest absolute Gasteiger partial charge is 0.330 e. The molecule has 2 N–H and O–H groups in total. The van der Waals surface area contributed by atoms with Gasteiger partial charge in [0.05, 0.1) is 6.54 Å². The maximum atomic E-state index is 10.6. The van der Waals surface area contributed by atoms with Crippen molar-refractivity contribution in [2.75, 3.05) is 26.7 Å². The third kappa shape index (κ3) is 7.49. The SMILES string of the molecule is CC(=O)CN(C)CCCCN. The van der Waals surface area contributed by atoms with Crippen molar-refractivity contribution in [3.05, 3.63) is 0 Å². The first kappa shape index (κ1) is 10.6. The van der Waals surface area contributed by atoms with Gasteiger partial charge in [-0.05, 0) is 39.9 Å². The van der Waals surface area contributed by atoms with E-state index >= 15 is 0 Å². The lowest BCUT2D eigenvalue weighted by Gasteiger charge is -2.13. The van der Waals surface area contributed by atoms with Crippen molar-refractivity contribution in [3.8, 4) is 0 Å². The molecule has 11 heavy (non-hydrogen) atoms. The van der Waals surface area contributed by atoms with E-state index in [2.05, 4.69) is 0 Å². The smallest absolute Gasteiger partial charge is 0.143 e. The van der Waals surface area contributed by atoms with E-state index in [1.807, 2.05) is 11.9 Å². The van der Waals surface area contributed by atoms with E-state index in [-0.39, 0.29) is 5.78 Å². The molecule has 0 aromatic carbocycles. The van der Waals surface area contributed by atoms with Crippen molar-refractivity contribution in [1.82, 2.24) is 4.90 Å². The summed E-state index contributed by atoms with van der Waals surface area (Å²) in [6.07, 6.45) is 2.13. The average molecular weight is 158 g/mol. The molecule has 0 atom stereocenters. The molecule has 0 fully saturated rings. The molecule has 0 bridgehead atoms. The molecule has 0 aliphatic carbocycles. The number of carbonyl (C=O) groups excluding carboxylic acids is 1. The quantitative estimate of drug-likeness (QED) is 0.563. The molecule has 0 aliphatic rings. The van der Waals surface area contributed by atoms with Crippen LogP contribution in [0.3, 0.4) is 0 Å². The zero-order valence-corrected chi connectivity index (χ0v) is 7.47. The summed E-state index contributed by atoms with van der Waals surface area (Å²) in [6, 6.07) is 0. The molecule has 0 rings (SSSR count). The molecular formula is C8H18N2O. The van der Waals surface area contributed by atoms with Gasteiger partial charge in [-0.1, -0.05) is 0 Å². The third-order valence-corrected chi connectivity index (χ3v) is 1.49. The minimum atomic E-state index is 0.222. The zero-order valence-electron chi connectivity index (χ0n) is 7.47. The Bertz CT molecular complexity index is 115. The highest BCUT2D eigenvalue weighted by Gasteiger charge is 1.99. The zero-order chi connectivity index (χ0) is 8.69. The lowest BCUT2D eigenvalue weighted by Crippen LogP contribution is -2.25. The first-order valence-electron chi connectivity index (χ1n) is 4.05. The maximum Gasteiger partial charge on any atom is 0.143 e. The number of hydrogen-bond donors (Lipinski definition) is 1. The van der Waals surface area contributed by atoms with Gasteiger partial charge in [-0.3, -0.25) is 9.69 Å². The van der Waals surface area contributed by atoms with E-state index in [1.165, 1.54) is 0 Å². The van der Waals surface area contributed by atoms with Crippen molar-refractivity contribution < 1.29 is 4.79 Å². The summed E-state index contributed by atoms with van der Waals surface area (Å²) in [5.41, 5.74) is 5.33. The molecule has 0 aromatic heterocycles. The van der Waals surface area contributed by atoms with E-state index in [0.717, 1.165) is 25.9 Å². The standard InChI is InChI=1S/C8H18N2O/c1-8(11)7-10(2)6-4-3-5-9/h3-7,9H2,1-2H3. The number of unbranched alkanes of at least 4 members (excludes halogenated alkanes) is 1. The van der Waals surface area contributed by atoms with Gasteiger partial charge in [0.15, 0.2) is 0 Å². The van der Waals surface area contributed by atoms with E-state index in [0.29, 0.717) is 6.54 Å². The predicted octanol–water partition coefficient (Wildman–Crippen LogP) is 0.246. The van der Waals surface area contributed by atoms with Crippen LogP contribution in [0.4, 0.5) is 0 Å². The van der Waals surface area contributed by atoms with E-state index in [4.69, 9.17) is 5.73 Å². The van der Waals surface area contributed by atoms with Gasteiger partial charge in [-0.15, -0.1) is 0 Å². The van der Waals surface area contributed by atoms with Crippen LogP contribution in [0.1, 0.15) is 19.8 Å². The molecule has 3 heteroatoms. The first-order chi connectivity index (χ1) is 5.16. The molecule has 0 saturated carbocycles. The fourth-order valence-corrected chi connectivity index (χ4v) is 0.985. The molecule has 66 valence electrons. The Morgan fingerprint density at radius 1 is 1.45 bits per heavy atom. The molecule has 0 heterocycles. The summed E-state index contributed by atoms with van der Waals surface area (Å²) >= 11 is 0. The monoisotopic (exact) mass is 158 g/mol. The van der Waals surface area contributed by atoms with Crippen LogP contribution in [0.2, 0.25) is 0 Å². The highest BCUT2D eigenvalue weighted by atomic mass is 16.1. The van der Waals surface area contributed by atoms with E-state index < -0.39 is 0 Å². The van der Waals surface area contributed by atoms with Crippen LogP contribution in [0.5, 0.6) is 0 Å². The Morgan fingerprint density at radius 2 is 2.09 bits per heavy atom. The molecule has 0 spiro atoms. The van der Waals surface area contributed by atoms with Gasteiger partial charge in [0.1, 0.15) is 5.78 Å². The Balaban J connectivity index is 3.22. The van der Waals surface area contributed by atoms with Gasteiger partial charge in [0.25, 0.3) is 0 Å². The fraction of sp³-hybridized carbons (Fsp3) is 0.875. The van der Waals surface area contributed by atoms with Crippen LogP contribution < -0.4 is 5.73 Å². The van der Waals surface area contributed by atoms with Gasteiger partial charge in [0.2, 0.25) is 0 Å². The molecule has 0 aromatic rings. The summed E-state index contributed by atoms with van der Waals surface area (Å²) in [6.45, 7) is 3.88. The molecular weight excluding hydrogens is 140 g/mol. The van der Waals surface area contributed by atoms with Crippen molar-refractivity contribution in [2.45, 2.75) is 19.8 Å². The fourth-order valence-electron chi connectivity index (χ4n) is 0.985. The minimum Gasteiger partial charge on any atom is -0.330 e. The Kier molecular flexibility index (Phi) is 6.07. The Hall–Kier alpha value is -0.410. The predicted molar refractivity (Wildman–Crippen MR) is 46.5 cm³/mol. The highest BCUT2D eigenvalue weighted by molar-refractivity contribution is 5.77. The molecule has 0 saturated heterocycles. The second-order valence-corrected chi connectivity index (χ2v) is 2.94. The van der Waals surface area contributed by atoms with Gasteiger partial charge >= 0.3 is 0 Å². The number of rotatable bonds is 6. The number of nitrogens with two attached hydrogens (primary N) is 1. The van der Waals surface area contributed by atoms with Gasteiger partial charge in [0, 0.05) is 0 Å². The summed E-state index contributed by atoms with van der Waals surface area (Å²) in [5.74, 6) is 0.222. The van der Waals surface area contributed by atoms with Gasteiger partial charge in [-0.2, -0.15) is 0 Å². The van der Waals surface area contributed by atoms with Gasteiger partial charge < -0.3 is 5.73 Å². The van der Waals surface area contributed by atoms with Crippen LogP contribution in [0, 0.1) is 0 Å². The van der Waals surface area contributed by atoms with E-state index in [1.54, 1.807) is 6.92 Å². The van der Waals surface area contributed by atoms with Crippen LogP contribution in [0.25, 0.3) is 0 Å². The lowest BCUT2D eigenvalue weighted by molar-refractivity contribution is -0.117. The number of Topliss-reactive ketones (excluding diaryl/α,β-unsaturated/α-hetero) is 1. The van der Waals surface area contributed by atoms with Crippen molar-refractivity contribution in [3.63, 3.8) is 0 Å². The van der Waals surface area contributed by atoms with Crippen molar-refractivity contribution in [1.29, 1.82) is 0 Å². The summed E-state index contributed by atoms with van der Waals surface area (Å²) in [4.78, 5) is 12.6. The molecule has 0 aliphatic heterocycles. The van der Waals surface area contributed by atoms with E-state index in [9.17, 15) is 4.79 Å². The lowest BCUT2D eigenvalue weighted by atomic mass is 10.3. The first-order valence-corrected chi connectivity index (χ1v) is 4.05. The molecule has 0 unspecified atom stereocenters. The van der Waals surface area contributed by atoms with Gasteiger partial charge in [-0.25, -0.2) is 0 Å². The molecule has 3 nitrogen and oxygen atoms in total. The summed E-state index contributed by atoms with van der Waals surface area (Å²) < 4.78 is 0. The average Bonchev–Trinajstić information content (AvgIpc) is 1.86. The van der Waals surface area contributed by atoms with Crippen molar-refractivity contribution in [2.24, 2.45) is 5.73 Å². The molecule has 0 radical (unpaired) electrons. The highest BCUT2D eigenvalue weighted by Crippen LogP contribution is 1.90. The number of nitrogens with zero attached hydrogens (tertiary/aromatic N) is 1. The number of likely N-dealkylation sites (N-methyl/N-ethyl adjacent to an activating group) is 1. The topological polar surface area (TPSA) is 46.3 Å². The summed E-state index contributed by atoms with van der Waals surface area (Å²) in [5, 5.41) is 0. The molecule has 0 amide bonds. The van der Waals surface area contributed by atoms with Crippen molar-refractivity contribution >= 4 is 5.78 Å². The van der Waals surface area contributed by atoms with Crippen LogP contribution >= 0.6 is 0 Å². The Morgan fingerprint density at radius 3 is 2.55 bits per heavy atom. The second-order valence-electron chi connectivity index (χ2n) is 2.94. The number of carbonyl (C=O) groups is 1. The number of hydrogen-bond acceptors (Lipinski definition) is 3. The number of ketones is 1. The minimum absolute atomic E-state index is 0.222. The Labute approximate surface area is 68.6 Å². The normalized spacial score (nSPS) is 10.5. The van der Waals surface area contributed by atoms with Crippen LogP contribution in [0.15, 0.2) is 0 Å².